The van der Waals surface area contributed by atoms with Crippen molar-refractivity contribution in [3.8, 4) is 0 Å². The highest BCUT2D eigenvalue weighted by molar-refractivity contribution is 7.71. The van der Waals surface area contributed by atoms with Gasteiger partial charge in [-0.1, -0.05) is 13.8 Å². The smallest absolute Gasteiger partial charge is 0.177 e. The Morgan fingerprint density at radius 1 is 1.39 bits per heavy atom. The Morgan fingerprint density at radius 2 is 2.06 bits per heavy atom. The molecule has 0 radical (unpaired) electrons. The molecule has 0 aliphatic rings. The molecule has 0 fully saturated rings. The monoisotopic (exact) mass is 264 g/mol. The first-order valence-electron chi connectivity index (χ1n) is 6.19. The zero-order valence-corrected chi connectivity index (χ0v) is 12.4. The minimum Gasteiger partial charge on any atom is -0.337 e. The second-order valence-corrected chi connectivity index (χ2v) is 5.42. The maximum Gasteiger partial charge on any atom is 0.177 e. The van der Waals surface area contributed by atoms with Crippen molar-refractivity contribution in [3.05, 3.63) is 33.6 Å². The van der Waals surface area contributed by atoms with Crippen molar-refractivity contribution in [2.24, 2.45) is 7.05 Å². The summed E-state index contributed by atoms with van der Waals surface area (Å²) in [5.74, 6) is 0.454. The molecule has 0 amide bonds. The number of rotatable bonds is 3. The molecule has 0 aliphatic heterocycles. The highest BCUT2D eigenvalue weighted by Gasteiger charge is 2.14. The standard InChI is InChI=1S/C13H20N4S/c1-8(2)12-6-14-13(18)17(12)7-11-9(3)15-16(5)10(11)4/h6,8H,7H2,1-5H3,(H,14,18). The predicted molar refractivity (Wildman–Crippen MR) is 75.5 cm³/mol. The van der Waals surface area contributed by atoms with E-state index >= 15 is 0 Å². The van der Waals surface area contributed by atoms with Crippen LogP contribution in [-0.2, 0) is 13.6 Å². The normalized spacial score (nSPS) is 11.4. The average Bonchev–Trinajstić information content (AvgIpc) is 2.76. The lowest BCUT2D eigenvalue weighted by Crippen LogP contribution is -2.07. The van der Waals surface area contributed by atoms with Gasteiger partial charge < -0.3 is 9.55 Å². The van der Waals surface area contributed by atoms with Crippen LogP contribution in [0, 0.1) is 18.6 Å². The third-order valence-corrected chi connectivity index (χ3v) is 3.81. The van der Waals surface area contributed by atoms with Gasteiger partial charge in [0.05, 0.1) is 12.2 Å². The third kappa shape index (κ3) is 2.14. The predicted octanol–water partition coefficient (Wildman–Crippen LogP) is 3.07. The van der Waals surface area contributed by atoms with Crippen molar-refractivity contribution in [3.63, 3.8) is 0 Å². The lowest BCUT2D eigenvalue weighted by molar-refractivity contribution is 0.678. The van der Waals surface area contributed by atoms with E-state index in [4.69, 9.17) is 12.2 Å². The fraction of sp³-hybridized carbons (Fsp3) is 0.538. The zero-order valence-electron chi connectivity index (χ0n) is 11.6. The molecule has 0 spiro atoms. The molecule has 0 unspecified atom stereocenters. The zero-order chi connectivity index (χ0) is 13.4. The molecule has 0 aromatic carbocycles. The molecule has 4 nitrogen and oxygen atoms in total. The molecular formula is C13H20N4S. The van der Waals surface area contributed by atoms with Crippen LogP contribution in [-0.4, -0.2) is 19.3 Å². The molecule has 18 heavy (non-hydrogen) atoms. The topological polar surface area (TPSA) is 38.5 Å². The van der Waals surface area contributed by atoms with E-state index in [2.05, 4.69) is 35.4 Å². The number of aromatic nitrogens is 4. The van der Waals surface area contributed by atoms with E-state index in [9.17, 15) is 0 Å². The van der Waals surface area contributed by atoms with E-state index < -0.39 is 0 Å². The van der Waals surface area contributed by atoms with E-state index in [1.165, 1.54) is 17.0 Å². The van der Waals surface area contributed by atoms with Gasteiger partial charge in [-0.25, -0.2) is 0 Å². The van der Waals surface area contributed by atoms with Gasteiger partial charge in [0.2, 0.25) is 0 Å². The van der Waals surface area contributed by atoms with Gasteiger partial charge in [-0.15, -0.1) is 0 Å². The fourth-order valence-corrected chi connectivity index (χ4v) is 2.48. The first kappa shape index (κ1) is 13.1. The van der Waals surface area contributed by atoms with Crippen LogP contribution in [0.5, 0.6) is 0 Å². The largest absolute Gasteiger partial charge is 0.337 e. The SMILES string of the molecule is Cc1nn(C)c(C)c1Cn1c(C(C)C)c[nH]c1=S. The van der Waals surface area contributed by atoms with E-state index in [1.807, 2.05) is 24.9 Å². The lowest BCUT2D eigenvalue weighted by atomic mass is 10.1. The Labute approximate surface area is 113 Å². The number of H-pyrrole nitrogens is 1. The van der Waals surface area contributed by atoms with Gasteiger partial charge in [-0.2, -0.15) is 5.10 Å². The average molecular weight is 264 g/mol. The molecule has 0 bridgehead atoms. The summed E-state index contributed by atoms with van der Waals surface area (Å²) >= 11 is 5.36. The summed E-state index contributed by atoms with van der Waals surface area (Å²) in [5.41, 5.74) is 4.77. The van der Waals surface area contributed by atoms with Crippen LogP contribution in [0.25, 0.3) is 0 Å². The molecule has 5 heteroatoms. The summed E-state index contributed by atoms with van der Waals surface area (Å²) in [6.45, 7) is 9.30. The summed E-state index contributed by atoms with van der Waals surface area (Å²) in [5, 5.41) is 4.45. The molecule has 2 aromatic heterocycles. The molecule has 0 aliphatic carbocycles. The minimum atomic E-state index is 0.454. The number of hydrogen-bond donors (Lipinski definition) is 1. The van der Waals surface area contributed by atoms with E-state index in [0.29, 0.717) is 5.92 Å². The van der Waals surface area contributed by atoms with Gasteiger partial charge in [-0.05, 0) is 32.0 Å². The van der Waals surface area contributed by atoms with Gasteiger partial charge in [0, 0.05) is 30.2 Å². The molecule has 2 rings (SSSR count). The molecule has 2 heterocycles. The van der Waals surface area contributed by atoms with Crippen molar-refractivity contribution in [1.29, 1.82) is 0 Å². The number of imidazole rings is 1. The maximum absolute atomic E-state index is 5.36. The van der Waals surface area contributed by atoms with Crippen LogP contribution in [0.3, 0.4) is 0 Å². The molecule has 0 saturated carbocycles. The molecule has 2 aromatic rings. The van der Waals surface area contributed by atoms with Crippen LogP contribution >= 0.6 is 12.2 Å². The van der Waals surface area contributed by atoms with E-state index in [1.54, 1.807) is 0 Å². The Hall–Kier alpha value is -1.36. The van der Waals surface area contributed by atoms with Crippen LogP contribution in [0.1, 0.15) is 42.4 Å². The molecule has 1 N–H and O–H groups in total. The van der Waals surface area contributed by atoms with Crippen molar-refractivity contribution in [1.82, 2.24) is 19.3 Å². The summed E-state index contributed by atoms with van der Waals surface area (Å²) in [6.07, 6.45) is 2.01. The van der Waals surface area contributed by atoms with Gasteiger partial charge in [0.1, 0.15) is 0 Å². The fourth-order valence-electron chi connectivity index (χ4n) is 2.25. The number of nitrogens with zero attached hydrogens (tertiary/aromatic N) is 3. The van der Waals surface area contributed by atoms with Crippen molar-refractivity contribution in [2.75, 3.05) is 0 Å². The first-order chi connectivity index (χ1) is 8.41. The molecule has 0 atom stereocenters. The highest BCUT2D eigenvalue weighted by atomic mass is 32.1. The summed E-state index contributed by atoms with van der Waals surface area (Å²) in [7, 11) is 1.98. The molecular weight excluding hydrogens is 244 g/mol. The third-order valence-electron chi connectivity index (χ3n) is 3.47. The number of nitrogens with one attached hydrogen (secondary N) is 1. The van der Waals surface area contributed by atoms with Crippen molar-refractivity contribution in [2.45, 2.75) is 40.2 Å². The molecule has 98 valence electrons. The van der Waals surface area contributed by atoms with E-state index in [-0.39, 0.29) is 0 Å². The van der Waals surface area contributed by atoms with Crippen LogP contribution in [0.15, 0.2) is 6.20 Å². The van der Waals surface area contributed by atoms with Crippen LogP contribution in [0.4, 0.5) is 0 Å². The van der Waals surface area contributed by atoms with Gasteiger partial charge in [0.25, 0.3) is 0 Å². The first-order valence-corrected chi connectivity index (χ1v) is 6.59. The Balaban J connectivity index is 2.46. The van der Waals surface area contributed by atoms with E-state index in [0.717, 1.165) is 17.0 Å². The Bertz CT molecular complexity index is 615. The number of aryl methyl sites for hydroxylation is 2. The number of aromatic amines is 1. The Kier molecular flexibility index (Phi) is 3.43. The second kappa shape index (κ2) is 4.72. The summed E-state index contributed by atoms with van der Waals surface area (Å²) in [4.78, 5) is 3.14. The summed E-state index contributed by atoms with van der Waals surface area (Å²) < 4.78 is 4.87. The van der Waals surface area contributed by atoms with Crippen molar-refractivity contribution < 1.29 is 0 Å². The minimum absolute atomic E-state index is 0.454. The Morgan fingerprint density at radius 3 is 2.56 bits per heavy atom. The number of hydrogen-bond acceptors (Lipinski definition) is 2. The second-order valence-electron chi connectivity index (χ2n) is 5.03. The van der Waals surface area contributed by atoms with Gasteiger partial charge in [0.15, 0.2) is 4.77 Å². The van der Waals surface area contributed by atoms with Crippen LogP contribution < -0.4 is 0 Å². The van der Waals surface area contributed by atoms with Crippen LogP contribution in [0.2, 0.25) is 0 Å². The maximum atomic E-state index is 5.36. The van der Waals surface area contributed by atoms with Crippen molar-refractivity contribution >= 4 is 12.2 Å². The molecule has 0 saturated heterocycles. The van der Waals surface area contributed by atoms with Gasteiger partial charge in [-0.3, -0.25) is 4.68 Å². The summed E-state index contributed by atoms with van der Waals surface area (Å²) in [6, 6.07) is 0. The lowest BCUT2D eigenvalue weighted by Gasteiger charge is -2.11. The highest BCUT2D eigenvalue weighted by Crippen LogP contribution is 2.19. The quantitative estimate of drug-likeness (QED) is 0.865. The van der Waals surface area contributed by atoms with Gasteiger partial charge >= 0.3 is 0 Å².